The second-order valence-electron chi connectivity index (χ2n) is 16.1. The summed E-state index contributed by atoms with van der Waals surface area (Å²) in [5, 5.41) is 52.3. The molecule has 11 nitrogen and oxygen atoms in total. The van der Waals surface area contributed by atoms with Crippen LogP contribution in [0.4, 0.5) is 0 Å². The molecule has 17 atom stereocenters. The number of ether oxygens (including phenoxy) is 5. The fraction of sp³-hybridized carbons (Fsp3) is 0.971. The van der Waals surface area contributed by atoms with Gasteiger partial charge in [0.15, 0.2) is 11.6 Å². The molecule has 5 heterocycles. The first-order valence-corrected chi connectivity index (χ1v) is 17.7. The van der Waals surface area contributed by atoms with Crippen LogP contribution >= 0.6 is 0 Å². The number of carbonyl (C=O) groups is 1. The van der Waals surface area contributed by atoms with Gasteiger partial charge in [0, 0.05) is 30.6 Å². The van der Waals surface area contributed by atoms with Crippen molar-refractivity contribution in [3.05, 3.63) is 0 Å². The van der Waals surface area contributed by atoms with Crippen molar-refractivity contribution < 1.29 is 54.0 Å². The second-order valence-corrected chi connectivity index (χ2v) is 16.1. The summed E-state index contributed by atoms with van der Waals surface area (Å²) in [7, 11) is 0. The Morgan fingerprint density at radius 3 is 2.33 bits per heavy atom. The molecule has 5 fully saturated rings. The summed E-state index contributed by atoms with van der Waals surface area (Å²) in [6.07, 6.45) is 2.01. The van der Waals surface area contributed by atoms with Gasteiger partial charge in [-0.05, 0) is 64.2 Å². The Morgan fingerprint density at radius 2 is 1.70 bits per heavy atom. The van der Waals surface area contributed by atoms with E-state index in [0.717, 1.165) is 32.1 Å². The molecule has 5 aliphatic heterocycles. The van der Waals surface area contributed by atoms with E-state index in [1.54, 1.807) is 6.92 Å². The first-order valence-electron chi connectivity index (χ1n) is 17.7. The van der Waals surface area contributed by atoms with Crippen LogP contribution in [0.5, 0.6) is 0 Å². The van der Waals surface area contributed by atoms with Crippen molar-refractivity contribution in [3.8, 4) is 0 Å². The Morgan fingerprint density at radius 1 is 1.00 bits per heavy atom. The van der Waals surface area contributed by atoms with Gasteiger partial charge in [0.25, 0.3) is 0 Å². The lowest BCUT2D eigenvalue weighted by molar-refractivity contribution is -0.336. The molecule has 0 aromatic heterocycles. The Hall–Kier alpha value is -0.890. The molecule has 11 heteroatoms. The molecule has 5 aliphatic rings. The van der Waals surface area contributed by atoms with Crippen LogP contribution in [-0.4, -0.2) is 104 Å². The van der Waals surface area contributed by atoms with Gasteiger partial charge in [0.1, 0.15) is 0 Å². The molecule has 0 aliphatic carbocycles. The van der Waals surface area contributed by atoms with Gasteiger partial charge in [0.05, 0.1) is 66.5 Å². The van der Waals surface area contributed by atoms with Crippen LogP contribution in [0.3, 0.4) is 0 Å². The molecule has 0 radical (unpaired) electrons. The zero-order chi connectivity index (χ0) is 34.0. The highest BCUT2D eigenvalue weighted by molar-refractivity contribution is 5.70. The van der Waals surface area contributed by atoms with Crippen molar-refractivity contribution >= 4 is 5.97 Å². The number of hydrogen-bond donors (Lipinski definition) is 5. The van der Waals surface area contributed by atoms with Crippen molar-refractivity contribution in [1.82, 2.24) is 0 Å². The standard InChI is InChI=1S/C35H60O11/c1-9-33(30-19(3)15-25(42-30)28-18(2)14-20(4)35(41,17-36)45-28)11-10-26(43-33)32(8)12-13-34(46-32)16-24(37)21(5)29(44-34)22(6)27(38)23(7)31(39)40/h18-30,36-38,41H,9-17H2,1-8H3,(H,39,40)/t18-,19-,20+,21+,22?,23?,24-,25+,26+,27?,28-,29-,30+,32-,33-,34+,35-/m0/s1. The highest BCUT2D eigenvalue weighted by atomic mass is 16.7. The summed E-state index contributed by atoms with van der Waals surface area (Å²) in [6.45, 7) is 15.1. The number of rotatable bonds is 9. The first kappa shape index (κ1) is 36.4. The Bertz CT molecular complexity index is 1090. The summed E-state index contributed by atoms with van der Waals surface area (Å²) < 4.78 is 33.5. The van der Waals surface area contributed by atoms with Crippen LogP contribution in [0, 0.1) is 35.5 Å². The zero-order valence-corrected chi connectivity index (χ0v) is 29.1. The topological polar surface area (TPSA) is 164 Å². The van der Waals surface area contributed by atoms with Gasteiger partial charge in [-0.15, -0.1) is 0 Å². The summed E-state index contributed by atoms with van der Waals surface area (Å²) >= 11 is 0. The molecular weight excluding hydrogens is 596 g/mol. The van der Waals surface area contributed by atoms with E-state index < -0.39 is 65.5 Å². The summed E-state index contributed by atoms with van der Waals surface area (Å²) in [5.41, 5.74) is -1.19. The minimum Gasteiger partial charge on any atom is -0.481 e. The molecule has 266 valence electrons. The first-order chi connectivity index (χ1) is 21.4. The van der Waals surface area contributed by atoms with Gasteiger partial charge in [0.2, 0.25) is 0 Å². The average Bonchev–Trinajstić information content (AvgIpc) is 3.72. The smallest absolute Gasteiger partial charge is 0.308 e. The highest BCUT2D eigenvalue weighted by Gasteiger charge is 2.62. The maximum absolute atomic E-state index is 11.6. The minimum atomic E-state index is -1.57. The summed E-state index contributed by atoms with van der Waals surface area (Å²) in [6, 6.07) is 0. The van der Waals surface area contributed by atoms with Crippen molar-refractivity contribution in [2.45, 2.75) is 172 Å². The fourth-order valence-electron chi connectivity index (χ4n) is 9.51. The predicted molar refractivity (Wildman–Crippen MR) is 168 cm³/mol. The van der Waals surface area contributed by atoms with Gasteiger partial charge < -0.3 is 49.2 Å². The van der Waals surface area contributed by atoms with Crippen LogP contribution in [0.1, 0.15) is 107 Å². The van der Waals surface area contributed by atoms with Gasteiger partial charge in [-0.3, -0.25) is 4.79 Å². The largest absolute Gasteiger partial charge is 0.481 e. The number of aliphatic hydroxyl groups is 4. The van der Waals surface area contributed by atoms with E-state index in [4.69, 9.17) is 23.7 Å². The van der Waals surface area contributed by atoms with Crippen molar-refractivity contribution in [2.75, 3.05) is 6.61 Å². The van der Waals surface area contributed by atoms with E-state index in [-0.39, 0.29) is 48.1 Å². The van der Waals surface area contributed by atoms with E-state index in [1.807, 2.05) is 13.8 Å². The van der Waals surface area contributed by atoms with E-state index in [2.05, 4.69) is 27.7 Å². The molecular formula is C35H60O11. The van der Waals surface area contributed by atoms with Crippen LogP contribution < -0.4 is 0 Å². The van der Waals surface area contributed by atoms with Crippen LogP contribution in [0.2, 0.25) is 0 Å². The molecule has 5 N–H and O–H groups in total. The van der Waals surface area contributed by atoms with Gasteiger partial charge in [-0.25, -0.2) is 0 Å². The monoisotopic (exact) mass is 656 g/mol. The Labute approximate surface area is 274 Å². The summed E-state index contributed by atoms with van der Waals surface area (Å²) in [5.74, 6) is -5.30. The maximum Gasteiger partial charge on any atom is 0.308 e. The van der Waals surface area contributed by atoms with Crippen LogP contribution in [-0.2, 0) is 28.5 Å². The number of carboxylic acids is 1. The zero-order valence-electron chi connectivity index (χ0n) is 29.1. The maximum atomic E-state index is 11.6. The number of aliphatic hydroxyl groups excluding tert-OH is 3. The van der Waals surface area contributed by atoms with E-state index in [0.29, 0.717) is 19.3 Å². The predicted octanol–water partition coefficient (Wildman–Crippen LogP) is 3.62. The summed E-state index contributed by atoms with van der Waals surface area (Å²) in [4.78, 5) is 11.6. The van der Waals surface area contributed by atoms with Crippen LogP contribution in [0.25, 0.3) is 0 Å². The van der Waals surface area contributed by atoms with Gasteiger partial charge in [-0.1, -0.05) is 41.5 Å². The molecule has 1 spiro atoms. The van der Waals surface area contributed by atoms with Crippen LogP contribution in [0.15, 0.2) is 0 Å². The Balaban J connectivity index is 1.28. The van der Waals surface area contributed by atoms with E-state index in [1.165, 1.54) is 6.92 Å². The highest BCUT2D eigenvalue weighted by Crippen LogP contribution is 2.54. The lowest BCUT2D eigenvalue weighted by Crippen LogP contribution is -2.56. The lowest BCUT2D eigenvalue weighted by Gasteiger charge is -2.48. The van der Waals surface area contributed by atoms with Crippen molar-refractivity contribution in [3.63, 3.8) is 0 Å². The molecule has 46 heavy (non-hydrogen) atoms. The van der Waals surface area contributed by atoms with Gasteiger partial charge >= 0.3 is 5.97 Å². The Kier molecular flexibility index (Phi) is 10.4. The normalized spacial score (nSPS) is 51.7. The third kappa shape index (κ3) is 6.31. The second kappa shape index (κ2) is 13.1. The van der Waals surface area contributed by atoms with E-state index >= 15 is 0 Å². The SMILES string of the molecule is CC[C@@]1([C@@H]2O[C@@H]([C@H]3O[C@@](O)(CO)[C@H](C)C[C@@H]3C)C[C@@H]2C)CC[C@H]([C@]2(C)CC[C@]3(C[C@H](O)[C@@H](C)[C@@H](C(C)C(O)C(C)C(=O)O)O3)O2)O1. The third-order valence-corrected chi connectivity index (χ3v) is 12.8. The average molecular weight is 657 g/mol. The third-order valence-electron chi connectivity index (χ3n) is 12.8. The molecule has 0 bridgehead atoms. The molecule has 0 aromatic rings. The number of aliphatic carboxylic acids is 1. The fourth-order valence-corrected chi connectivity index (χ4v) is 9.51. The number of hydrogen-bond acceptors (Lipinski definition) is 10. The quantitative estimate of drug-likeness (QED) is 0.246. The lowest BCUT2D eigenvalue weighted by atomic mass is 9.78. The minimum absolute atomic E-state index is 0.166. The van der Waals surface area contributed by atoms with Crippen molar-refractivity contribution in [2.24, 2.45) is 35.5 Å². The van der Waals surface area contributed by atoms with Gasteiger partial charge in [-0.2, -0.15) is 0 Å². The molecule has 0 aromatic carbocycles. The van der Waals surface area contributed by atoms with Crippen molar-refractivity contribution in [1.29, 1.82) is 0 Å². The molecule has 5 rings (SSSR count). The molecule has 3 unspecified atom stereocenters. The molecule has 0 amide bonds. The van der Waals surface area contributed by atoms with E-state index in [9.17, 15) is 30.3 Å². The molecule has 5 saturated heterocycles. The molecule has 0 saturated carbocycles. The number of carboxylic acid groups (broad SMARTS) is 1.